The third kappa shape index (κ3) is 3.70. The molecule has 10 heteroatoms. The molecule has 6 rings (SSSR count). The highest BCUT2D eigenvalue weighted by molar-refractivity contribution is 6.06. The average Bonchev–Trinajstić information content (AvgIpc) is 3.54. The Hall–Kier alpha value is -3.11. The fourth-order valence-electron chi connectivity index (χ4n) is 5.68. The van der Waals surface area contributed by atoms with E-state index in [4.69, 9.17) is 9.47 Å². The minimum absolute atomic E-state index is 0.0658. The van der Waals surface area contributed by atoms with Gasteiger partial charge in [-0.2, -0.15) is 0 Å². The van der Waals surface area contributed by atoms with E-state index >= 15 is 0 Å². The second-order valence-corrected chi connectivity index (χ2v) is 9.68. The van der Waals surface area contributed by atoms with Crippen LogP contribution in [0.3, 0.4) is 0 Å². The Labute approximate surface area is 196 Å². The minimum Gasteiger partial charge on any atom is -0.378 e. The fraction of sp³-hybridized carbons (Fsp3) is 0.542. The van der Waals surface area contributed by atoms with Crippen LogP contribution in [-0.4, -0.2) is 68.6 Å². The maximum Gasteiger partial charge on any atom is 0.255 e. The standard InChI is InChI=1S/C24H27N5O5/c30-21-7-6-20(22(31)25-21)29-12-18-16(4-1-5-17(18)23(29)32)19-13-28(27-26-19)11-15-3-2-8-24(34-15)9-10-33-14-24/h1,4-5,13,15,20H,2-3,6-12,14H2,(H,25,30,31). The van der Waals surface area contributed by atoms with Gasteiger partial charge in [0.25, 0.3) is 5.91 Å². The first-order chi connectivity index (χ1) is 16.5. The van der Waals surface area contributed by atoms with Gasteiger partial charge in [-0.15, -0.1) is 5.10 Å². The second-order valence-electron chi connectivity index (χ2n) is 9.68. The molecule has 4 aliphatic rings. The molecule has 2 aromatic rings. The lowest BCUT2D eigenvalue weighted by Gasteiger charge is -2.37. The zero-order valence-corrected chi connectivity index (χ0v) is 18.9. The van der Waals surface area contributed by atoms with Crippen LogP contribution >= 0.6 is 0 Å². The second kappa shape index (κ2) is 8.28. The Morgan fingerprint density at radius 3 is 2.85 bits per heavy atom. The quantitative estimate of drug-likeness (QED) is 0.679. The first kappa shape index (κ1) is 21.4. The summed E-state index contributed by atoms with van der Waals surface area (Å²) in [5, 5.41) is 11.1. The van der Waals surface area contributed by atoms with E-state index in [1.54, 1.807) is 11.0 Å². The molecule has 3 amide bonds. The SMILES string of the molecule is O=C1CCC(N2Cc3c(cccc3-c3cn(CC4CCCC5(CCOC5)O4)nn3)C2=O)C(=O)N1. The number of rotatable bonds is 4. The van der Waals surface area contributed by atoms with Crippen LogP contribution in [0.25, 0.3) is 11.3 Å². The Morgan fingerprint density at radius 2 is 2.03 bits per heavy atom. The number of nitrogens with zero attached hydrogens (tertiary/aromatic N) is 4. The molecule has 34 heavy (non-hydrogen) atoms. The molecule has 4 aliphatic heterocycles. The number of imide groups is 1. The molecule has 1 N–H and O–H groups in total. The van der Waals surface area contributed by atoms with Crippen molar-refractivity contribution in [2.75, 3.05) is 13.2 Å². The lowest BCUT2D eigenvalue weighted by molar-refractivity contribution is -0.137. The lowest BCUT2D eigenvalue weighted by Crippen LogP contribution is -2.52. The molecule has 10 nitrogen and oxygen atoms in total. The molecular weight excluding hydrogens is 438 g/mol. The van der Waals surface area contributed by atoms with Crippen molar-refractivity contribution >= 4 is 17.7 Å². The summed E-state index contributed by atoms with van der Waals surface area (Å²) in [5.74, 6) is -0.905. The monoisotopic (exact) mass is 465 g/mol. The van der Waals surface area contributed by atoms with E-state index in [0.29, 0.717) is 37.4 Å². The summed E-state index contributed by atoms with van der Waals surface area (Å²) < 4.78 is 13.8. The van der Waals surface area contributed by atoms with Crippen LogP contribution in [0.4, 0.5) is 0 Å². The molecule has 178 valence electrons. The molecule has 0 bridgehead atoms. The highest BCUT2D eigenvalue weighted by Crippen LogP contribution is 2.37. The molecule has 5 heterocycles. The number of amides is 3. The summed E-state index contributed by atoms with van der Waals surface area (Å²) >= 11 is 0. The maximum absolute atomic E-state index is 13.1. The van der Waals surface area contributed by atoms with Crippen LogP contribution < -0.4 is 5.32 Å². The molecule has 1 aromatic carbocycles. The number of hydrogen-bond donors (Lipinski definition) is 1. The normalized spacial score (nSPS) is 29.1. The van der Waals surface area contributed by atoms with Gasteiger partial charge in [-0.25, -0.2) is 4.68 Å². The number of benzene rings is 1. The summed E-state index contributed by atoms with van der Waals surface area (Å²) in [6.45, 7) is 2.34. The molecule has 0 saturated carbocycles. The Balaban J connectivity index is 1.20. The van der Waals surface area contributed by atoms with Gasteiger partial charge in [-0.1, -0.05) is 17.3 Å². The largest absolute Gasteiger partial charge is 0.378 e. The number of piperidine rings is 1. The van der Waals surface area contributed by atoms with E-state index < -0.39 is 11.9 Å². The van der Waals surface area contributed by atoms with E-state index in [2.05, 4.69) is 15.6 Å². The molecule has 3 fully saturated rings. The molecule has 3 saturated heterocycles. The predicted molar refractivity (Wildman–Crippen MR) is 118 cm³/mol. The van der Waals surface area contributed by atoms with Gasteiger partial charge >= 0.3 is 0 Å². The fourth-order valence-corrected chi connectivity index (χ4v) is 5.68. The van der Waals surface area contributed by atoms with Crippen molar-refractivity contribution in [3.05, 3.63) is 35.5 Å². The molecule has 0 radical (unpaired) electrons. The molecule has 1 spiro atoms. The molecule has 1 aromatic heterocycles. The zero-order valence-electron chi connectivity index (χ0n) is 18.9. The van der Waals surface area contributed by atoms with Crippen LogP contribution in [0.1, 0.15) is 54.4 Å². The Morgan fingerprint density at radius 1 is 1.15 bits per heavy atom. The lowest BCUT2D eigenvalue weighted by atomic mass is 9.91. The van der Waals surface area contributed by atoms with E-state index in [9.17, 15) is 14.4 Å². The van der Waals surface area contributed by atoms with Gasteiger partial charge < -0.3 is 14.4 Å². The Kier molecular flexibility index (Phi) is 5.22. The van der Waals surface area contributed by atoms with Crippen LogP contribution in [0, 0.1) is 0 Å². The molecular formula is C24H27N5O5. The van der Waals surface area contributed by atoms with Crippen molar-refractivity contribution in [1.29, 1.82) is 0 Å². The van der Waals surface area contributed by atoms with Gasteiger partial charge in [0.2, 0.25) is 11.8 Å². The Bertz CT molecular complexity index is 1150. The average molecular weight is 466 g/mol. The molecule has 3 unspecified atom stereocenters. The summed E-state index contributed by atoms with van der Waals surface area (Å²) in [6, 6.07) is 4.89. The first-order valence-corrected chi connectivity index (χ1v) is 11.9. The van der Waals surface area contributed by atoms with Crippen molar-refractivity contribution in [3.8, 4) is 11.3 Å². The zero-order chi connectivity index (χ0) is 23.3. The summed E-state index contributed by atoms with van der Waals surface area (Å²) in [5.41, 5.74) is 2.77. The highest BCUT2D eigenvalue weighted by Gasteiger charge is 2.42. The number of carbonyl (C=O) groups is 3. The van der Waals surface area contributed by atoms with Crippen LogP contribution in [-0.2, 0) is 32.2 Å². The van der Waals surface area contributed by atoms with Gasteiger partial charge in [0.05, 0.1) is 31.1 Å². The topological polar surface area (TPSA) is 116 Å². The van der Waals surface area contributed by atoms with E-state index in [1.807, 2.05) is 23.0 Å². The number of aromatic nitrogens is 3. The highest BCUT2D eigenvalue weighted by atomic mass is 16.6. The molecule has 0 aliphatic carbocycles. The van der Waals surface area contributed by atoms with Crippen molar-refractivity contribution in [1.82, 2.24) is 25.2 Å². The third-order valence-corrected chi connectivity index (χ3v) is 7.43. The van der Waals surface area contributed by atoms with Gasteiger partial charge in [0.1, 0.15) is 11.7 Å². The number of carbonyl (C=O) groups excluding carboxylic acids is 3. The van der Waals surface area contributed by atoms with E-state index in [0.717, 1.165) is 43.4 Å². The van der Waals surface area contributed by atoms with Crippen LogP contribution in [0.2, 0.25) is 0 Å². The van der Waals surface area contributed by atoms with Gasteiger partial charge in [0, 0.05) is 37.1 Å². The van der Waals surface area contributed by atoms with Gasteiger partial charge in [0.15, 0.2) is 0 Å². The van der Waals surface area contributed by atoms with Crippen LogP contribution in [0.15, 0.2) is 24.4 Å². The van der Waals surface area contributed by atoms with Crippen LogP contribution in [0.5, 0.6) is 0 Å². The number of hydrogen-bond acceptors (Lipinski definition) is 7. The van der Waals surface area contributed by atoms with Gasteiger partial charge in [-0.3, -0.25) is 19.7 Å². The summed E-state index contributed by atoms with van der Waals surface area (Å²) in [4.78, 5) is 38.5. The van der Waals surface area contributed by atoms with Crippen molar-refractivity contribution < 1.29 is 23.9 Å². The van der Waals surface area contributed by atoms with Crippen molar-refractivity contribution in [2.45, 2.75) is 69.4 Å². The summed E-state index contributed by atoms with van der Waals surface area (Å²) in [6.07, 6.45) is 6.60. The minimum atomic E-state index is -0.642. The smallest absolute Gasteiger partial charge is 0.255 e. The third-order valence-electron chi connectivity index (χ3n) is 7.43. The van der Waals surface area contributed by atoms with E-state index in [1.165, 1.54) is 0 Å². The van der Waals surface area contributed by atoms with Crippen molar-refractivity contribution in [2.24, 2.45) is 0 Å². The first-order valence-electron chi connectivity index (χ1n) is 11.9. The summed E-state index contributed by atoms with van der Waals surface area (Å²) in [7, 11) is 0. The van der Waals surface area contributed by atoms with Crippen molar-refractivity contribution in [3.63, 3.8) is 0 Å². The predicted octanol–water partition coefficient (Wildman–Crippen LogP) is 1.43. The van der Waals surface area contributed by atoms with Gasteiger partial charge in [-0.05, 0) is 37.3 Å². The number of nitrogens with one attached hydrogen (secondary N) is 1. The van der Waals surface area contributed by atoms with E-state index in [-0.39, 0.29) is 29.9 Å². The number of ether oxygens (including phenoxy) is 2. The number of fused-ring (bicyclic) bond motifs is 1. The maximum atomic E-state index is 13.1. The molecule has 3 atom stereocenters.